The molecule has 2 N–H and O–H groups in total. The first-order valence-corrected chi connectivity index (χ1v) is 9.58. The maximum Gasteiger partial charge on any atom is 0.275 e. The van der Waals surface area contributed by atoms with Crippen LogP contribution in [0.2, 0.25) is 0 Å². The lowest BCUT2D eigenvalue weighted by Crippen LogP contribution is -2.24. The molecule has 0 bridgehead atoms. The van der Waals surface area contributed by atoms with Gasteiger partial charge >= 0.3 is 0 Å². The average molecular weight is 390 g/mol. The summed E-state index contributed by atoms with van der Waals surface area (Å²) < 4.78 is 1.47. The lowest BCUT2D eigenvalue weighted by molar-refractivity contribution is -0.128. The van der Waals surface area contributed by atoms with Crippen LogP contribution in [0.5, 0.6) is 5.75 Å². The van der Waals surface area contributed by atoms with Gasteiger partial charge in [-0.25, -0.2) is 4.68 Å². The van der Waals surface area contributed by atoms with Gasteiger partial charge in [0.1, 0.15) is 0 Å². The molecule has 7 nitrogen and oxygen atoms in total. The summed E-state index contributed by atoms with van der Waals surface area (Å²) in [5.74, 6) is -0.406. The van der Waals surface area contributed by atoms with Crippen molar-refractivity contribution in [3.63, 3.8) is 0 Å². The number of nitrogens with zero attached hydrogens (tertiary/aromatic N) is 3. The quantitative estimate of drug-likeness (QED) is 0.677. The Morgan fingerprint density at radius 3 is 2.48 bits per heavy atom. The molecular formula is C22H22N4O3. The van der Waals surface area contributed by atoms with E-state index in [4.69, 9.17) is 0 Å². The Bertz CT molecular complexity index is 1010. The number of hydrogen-bond donors (Lipinski definition) is 2. The molecular weight excluding hydrogens is 368 g/mol. The molecule has 1 fully saturated rings. The highest BCUT2D eigenvalue weighted by Crippen LogP contribution is 2.18. The van der Waals surface area contributed by atoms with E-state index < -0.39 is 5.91 Å². The van der Waals surface area contributed by atoms with Crippen LogP contribution in [-0.4, -0.2) is 38.1 Å². The Labute approximate surface area is 168 Å². The third-order valence-corrected chi connectivity index (χ3v) is 4.95. The predicted octanol–water partition coefficient (Wildman–Crippen LogP) is 2.63. The number of rotatable bonds is 6. The van der Waals surface area contributed by atoms with Gasteiger partial charge in [0.2, 0.25) is 5.91 Å². The van der Waals surface area contributed by atoms with E-state index >= 15 is 0 Å². The van der Waals surface area contributed by atoms with Crippen molar-refractivity contribution in [2.45, 2.75) is 25.9 Å². The third kappa shape index (κ3) is 4.29. The number of para-hydroxylation sites is 1. The second-order valence-electron chi connectivity index (χ2n) is 7.06. The van der Waals surface area contributed by atoms with Crippen molar-refractivity contribution in [2.75, 3.05) is 6.54 Å². The molecule has 1 aliphatic heterocycles. The number of aromatic hydroxyl groups is 1. The highest BCUT2D eigenvalue weighted by molar-refractivity contribution is 5.94. The molecule has 29 heavy (non-hydrogen) atoms. The van der Waals surface area contributed by atoms with Crippen LogP contribution in [0.3, 0.4) is 0 Å². The van der Waals surface area contributed by atoms with Gasteiger partial charge in [0.15, 0.2) is 11.4 Å². The molecule has 2 heterocycles. The summed E-state index contributed by atoms with van der Waals surface area (Å²) in [5.41, 5.74) is 2.73. The van der Waals surface area contributed by atoms with E-state index in [1.807, 2.05) is 59.5 Å². The minimum absolute atomic E-state index is 0.0157. The van der Waals surface area contributed by atoms with Gasteiger partial charge in [0.25, 0.3) is 5.91 Å². The van der Waals surface area contributed by atoms with Gasteiger partial charge in [-0.05, 0) is 29.7 Å². The summed E-state index contributed by atoms with van der Waals surface area (Å²) in [5, 5.41) is 17.0. The Balaban J connectivity index is 1.36. The Morgan fingerprint density at radius 1 is 1.07 bits per heavy atom. The zero-order valence-electron chi connectivity index (χ0n) is 15.9. The van der Waals surface area contributed by atoms with Gasteiger partial charge in [0.05, 0.1) is 11.9 Å². The SMILES string of the molecule is O=C(NCc1ccc(CN2CCCC2=O)cc1)c1nn(-c2ccccc2)cc1O. The molecule has 2 aromatic carbocycles. The van der Waals surface area contributed by atoms with Crippen molar-refractivity contribution in [1.29, 1.82) is 0 Å². The minimum Gasteiger partial charge on any atom is -0.504 e. The number of likely N-dealkylation sites (tertiary alicyclic amines) is 1. The zero-order valence-corrected chi connectivity index (χ0v) is 15.9. The molecule has 1 aromatic heterocycles. The van der Waals surface area contributed by atoms with Crippen LogP contribution >= 0.6 is 0 Å². The Morgan fingerprint density at radius 2 is 1.79 bits per heavy atom. The van der Waals surface area contributed by atoms with Crippen molar-refractivity contribution in [3.05, 3.63) is 77.6 Å². The Hall–Kier alpha value is -3.61. The van der Waals surface area contributed by atoms with Crippen molar-refractivity contribution in [2.24, 2.45) is 0 Å². The topological polar surface area (TPSA) is 87.5 Å². The number of carbonyl (C=O) groups is 2. The average Bonchev–Trinajstić information content (AvgIpc) is 3.33. The van der Waals surface area contributed by atoms with E-state index in [0.717, 1.165) is 29.8 Å². The van der Waals surface area contributed by atoms with Crippen LogP contribution in [-0.2, 0) is 17.9 Å². The van der Waals surface area contributed by atoms with Crippen molar-refractivity contribution in [3.8, 4) is 11.4 Å². The number of amides is 2. The second kappa shape index (κ2) is 8.18. The summed E-state index contributed by atoms with van der Waals surface area (Å²) in [6, 6.07) is 17.1. The summed E-state index contributed by atoms with van der Waals surface area (Å²) in [6.07, 6.45) is 2.98. The van der Waals surface area contributed by atoms with Crippen LogP contribution in [0.25, 0.3) is 5.69 Å². The van der Waals surface area contributed by atoms with Gasteiger partial charge in [-0.1, -0.05) is 42.5 Å². The summed E-state index contributed by atoms with van der Waals surface area (Å²) in [4.78, 5) is 26.0. The number of nitrogens with one attached hydrogen (secondary N) is 1. The van der Waals surface area contributed by atoms with Crippen molar-refractivity contribution >= 4 is 11.8 Å². The number of hydrogen-bond acceptors (Lipinski definition) is 4. The molecule has 0 saturated carbocycles. The van der Waals surface area contributed by atoms with E-state index in [9.17, 15) is 14.7 Å². The van der Waals surface area contributed by atoms with Gasteiger partial charge < -0.3 is 15.3 Å². The van der Waals surface area contributed by atoms with Crippen LogP contribution in [0.1, 0.15) is 34.5 Å². The van der Waals surface area contributed by atoms with E-state index in [-0.39, 0.29) is 17.4 Å². The molecule has 2 amide bonds. The monoisotopic (exact) mass is 390 g/mol. The third-order valence-electron chi connectivity index (χ3n) is 4.95. The first-order chi connectivity index (χ1) is 14.1. The van der Waals surface area contributed by atoms with Gasteiger partial charge in [-0.15, -0.1) is 0 Å². The standard InChI is InChI=1S/C22H22N4O3/c27-19-15-26(18-5-2-1-3-6-18)24-21(19)22(29)23-13-16-8-10-17(11-9-16)14-25-12-4-7-20(25)28/h1-3,5-6,8-11,15,27H,4,7,12-14H2,(H,23,29). The first-order valence-electron chi connectivity index (χ1n) is 9.58. The highest BCUT2D eigenvalue weighted by atomic mass is 16.3. The summed E-state index contributed by atoms with van der Waals surface area (Å²) in [7, 11) is 0. The zero-order chi connectivity index (χ0) is 20.2. The van der Waals surface area contributed by atoms with Crippen molar-refractivity contribution < 1.29 is 14.7 Å². The number of aromatic nitrogens is 2. The van der Waals surface area contributed by atoms with Crippen LogP contribution in [0.4, 0.5) is 0 Å². The van der Waals surface area contributed by atoms with Gasteiger partial charge in [-0.2, -0.15) is 5.10 Å². The molecule has 0 unspecified atom stereocenters. The lowest BCUT2D eigenvalue weighted by Gasteiger charge is -2.15. The largest absolute Gasteiger partial charge is 0.504 e. The molecule has 3 aromatic rings. The highest BCUT2D eigenvalue weighted by Gasteiger charge is 2.20. The number of carbonyl (C=O) groups excluding carboxylic acids is 2. The molecule has 7 heteroatoms. The predicted molar refractivity (Wildman–Crippen MR) is 107 cm³/mol. The fraction of sp³-hybridized carbons (Fsp3) is 0.227. The molecule has 0 spiro atoms. The smallest absolute Gasteiger partial charge is 0.275 e. The van der Waals surface area contributed by atoms with E-state index in [0.29, 0.717) is 19.5 Å². The van der Waals surface area contributed by atoms with E-state index in [1.165, 1.54) is 10.9 Å². The van der Waals surface area contributed by atoms with Crippen LogP contribution < -0.4 is 5.32 Å². The van der Waals surface area contributed by atoms with Gasteiger partial charge in [-0.3, -0.25) is 9.59 Å². The molecule has 1 aliphatic rings. The Kier molecular flexibility index (Phi) is 5.29. The van der Waals surface area contributed by atoms with Gasteiger partial charge in [0, 0.05) is 26.1 Å². The minimum atomic E-state index is -0.441. The van der Waals surface area contributed by atoms with E-state index in [1.54, 1.807) is 0 Å². The van der Waals surface area contributed by atoms with Crippen LogP contribution in [0, 0.1) is 0 Å². The molecule has 1 saturated heterocycles. The maximum absolute atomic E-state index is 12.4. The second-order valence-corrected chi connectivity index (χ2v) is 7.06. The normalized spacial score (nSPS) is 13.7. The fourth-order valence-electron chi connectivity index (χ4n) is 3.36. The maximum atomic E-state index is 12.4. The molecule has 0 radical (unpaired) electrons. The molecule has 148 valence electrons. The molecule has 4 rings (SSSR count). The van der Waals surface area contributed by atoms with E-state index in [2.05, 4.69) is 10.4 Å². The fourth-order valence-corrected chi connectivity index (χ4v) is 3.36. The summed E-state index contributed by atoms with van der Waals surface area (Å²) in [6.45, 7) is 1.76. The molecule has 0 atom stereocenters. The lowest BCUT2D eigenvalue weighted by atomic mass is 10.1. The van der Waals surface area contributed by atoms with Crippen molar-refractivity contribution in [1.82, 2.24) is 20.0 Å². The summed E-state index contributed by atoms with van der Waals surface area (Å²) >= 11 is 0. The number of benzene rings is 2. The molecule has 0 aliphatic carbocycles. The van der Waals surface area contributed by atoms with Crippen LogP contribution in [0.15, 0.2) is 60.8 Å². The first kappa shape index (κ1) is 18.7.